The number of methoxy groups -OCH3 is 1. The van der Waals surface area contributed by atoms with Crippen molar-refractivity contribution < 1.29 is 9.47 Å². The maximum atomic E-state index is 6.18. The van der Waals surface area contributed by atoms with Gasteiger partial charge in [-0.1, -0.05) is 17.7 Å². The normalized spacial score (nSPS) is 25.1. The second kappa shape index (κ2) is 5.91. The lowest BCUT2D eigenvalue weighted by Gasteiger charge is -2.23. The predicted octanol–water partition coefficient (Wildman–Crippen LogP) is 3.03. The Morgan fingerprint density at radius 1 is 1.50 bits per heavy atom. The van der Waals surface area contributed by atoms with Crippen LogP contribution in [0.15, 0.2) is 18.2 Å². The largest absolute Gasteiger partial charge is 0.495 e. The van der Waals surface area contributed by atoms with Crippen LogP contribution in [0.3, 0.4) is 0 Å². The lowest BCUT2D eigenvalue weighted by Crippen LogP contribution is -2.25. The summed E-state index contributed by atoms with van der Waals surface area (Å²) in [6, 6.07) is 6.24. The molecular weight excluding hydrogens is 250 g/mol. The summed E-state index contributed by atoms with van der Waals surface area (Å²) in [4.78, 5) is 0. The lowest BCUT2D eigenvalue weighted by atomic mass is 9.91. The molecule has 18 heavy (non-hydrogen) atoms. The molecule has 1 heterocycles. The summed E-state index contributed by atoms with van der Waals surface area (Å²) in [5.74, 6) is 1.21. The number of hydrogen-bond donors (Lipinski definition) is 1. The van der Waals surface area contributed by atoms with Gasteiger partial charge in [-0.05, 0) is 38.1 Å². The molecule has 0 spiro atoms. The van der Waals surface area contributed by atoms with Gasteiger partial charge in [0.2, 0.25) is 0 Å². The van der Waals surface area contributed by atoms with E-state index in [1.807, 2.05) is 19.2 Å². The second-order valence-corrected chi connectivity index (χ2v) is 5.21. The molecule has 3 atom stereocenters. The Morgan fingerprint density at radius 3 is 2.78 bits per heavy atom. The van der Waals surface area contributed by atoms with Crippen molar-refractivity contribution in [3.63, 3.8) is 0 Å². The molecule has 0 saturated carbocycles. The highest BCUT2D eigenvalue weighted by Gasteiger charge is 2.29. The monoisotopic (exact) mass is 269 g/mol. The van der Waals surface area contributed by atoms with Gasteiger partial charge >= 0.3 is 0 Å². The highest BCUT2D eigenvalue weighted by molar-refractivity contribution is 6.32. The molecule has 1 N–H and O–H groups in total. The van der Waals surface area contributed by atoms with E-state index in [2.05, 4.69) is 18.3 Å². The SMILES string of the molecule is CNC(c1ccc(OC)c(Cl)c1)C1COC(C)C1. The summed E-state index contributed by atoms with van der Waals surface area (Å²) in [5, 5.41) is 4.02. The zero-order valence-corrected chi connectivity index (χ0v) is 11.8. The molecule has 100 valence electrons. The summed E-state index contributed by atoms with van der Waals surface area (Å²) in [7, 11) is 3.61. The van der Waals surface area contributed by atoms with E-state index in [-0.39, 0.29) is 6.04 Å². The van der Waals surface area contributed by atoms with Crippen molar-refractivity contribution in [1.29, 1.82) is 0 Å². The predicted molar refractivity (Wildman–Crippen MR) is 73.3 cm³/mol. The third kappa shape index (κ3) is 2.79. The molecule has 0 aromatic heterocycles. The maximum absolute atomic E-state index is 6.18. The van der Waals surface area contributed by atoms with Crippen LogP contribution in [0.5, 0.6) is 5.75 Å². The van der Waals surface area contributed by atoms with Crippen LogP contribution in [0.4, 0.5) is 0 Å². The molecule has 4 heteroatoms. The van der Waals surface area contributed by atoms with Crippen LogP contribution in [0.25, 0.3) is 0 Å². The number of halogens is 1. The van der Waals surface area contributed by atoms with Crippen molar-refractivity contribution in [3.05, 3.63) is 28.8 Å². The van der Waals surface area contributed by atoms with E-state index in [1.54, 1.807) is 7.11 Å². The van der Waals surface area contributed by atoms with E-state index in [9.17, 15) is 0 Å². The van der Waals surface area contributed by atoms with E-state index >= 15 is 0 Å². The van der Waals surface area contributed by atoms with E-state index in [1.165, 1.54) is 5.56 Å². The van der Waals surface area contributed by atoms with Gasteiger partial charge in [0.1, 0.15) is 5.75 Å². The summed E-state index contributed by atoms with van der Waals surface area (Å²) in [5.41, 5.74) is 1.19. The Labute approximate surface area is 113 Å². The van der Waals surface area contributed by atoms with Crippen LogP contribution in [0.1, 0.15) is 24.9 Å². The zero-order chi connectivity index (χ0) is 13.1. The van der Waals surface area contributed by atoms with Gasteiger partial charge in [-0.3, -0.25) is 0 Å². The van der Waals surface area contributed by atoms with Gasteiger partial charge in [0, 0.05) is 12.0 Å². The quantitative estimate of drug-likeness (QED) is 0.911. The Kier molecular flexibility index (Phi) is 4.49. The van der Waals surface area contributed by atoms with Crippen molar-refractivity contribution in [2.45, 2.75) is 25.5 Å². The van der Waals surface area contributed by atoms with Gasteiger partial charge in [-0.15, -0.1) is 0 Å². The van der Waals surface area contributed by atoms with Gasteiger partial charge in [-0.2, -0.15) is 0 Å². The van der Waals surface area contributed by atoms with Crippen molar-refractivity contribution in [2.24, 2.45) is 5.92 Å². The molecule has 2 rings (SSSR count). The number of rotatable bonds is 4. The van der Waals surface area contributed by atoms with Gasteiger partial charge in [0.05, 0.1) is 24.8 Å². The van der Waals surface area contributed by atoms with Crippen LogP contribution >= 0.6 is 11.6 Å². The number of benzene rings is 1. The number of nitrogens with one attached hydrogen (secondary N) is 1. The first-order valence-corrected chi connectivity index (χ1v) is 6.65. The summed E-state index contributed by atoms with van der Waals surface area (Å²) < 4.78 is 10.8. The third-order valence-electron chi connectivity index (χ3n) is 3.55. The third-order valence-corrected chi connectivity index (χ3v) is 3.84. The Bertz CT molecular complexity index is 411. The first-order chi connectivity index (χ1) is 8.65. The fourth-order valence-electron chi connectivity index (χ4n) is 2.63. The highest BCUT2D eigenvalue weighted by atomic mass is 35.5. The molecule has 3 unspecified atom stereocenters. The average molecular weight is 270 g/mol. The van der Waals surface area contributed by atoms with E-state index in [0.29, 0.717) is 22.8 Å². The molecule has 1 aliphatic heterocycles. The summed E-state index contributed by atoms with van der Waals surface area (Å²) in [6.07, 6.45) is 1.43. The van der Waals surface area contributed by atoms with Crippen molar-refractivity contribution in [2.75, 3.05) is 20.8 Å². The zero-order valence-electron chi connectivity index (χ0n) is 11.1. The molecule has 0 amide bonds. The minimum Gasteiger partial charge on any atom is -0.495 e. The smallest absolute Gasteiger partial charge is 0.137 e. The molecule has 1 saturated heterocycles. The fourth-order valence-corrected chi connectivity index (χ4v) is 2.90. The minimum atomic E-state index is 0.276. The molecule has 1 aliphatic rings. The van der Waals surface area contributed by atoms with Crippen LogP contribution in [0.2, 0.25) is 5.02 Å². The van der Waals surface area contributed by atoms with Crippen molar-refractivity contribution in [3.8, 4) is 5.75 Å². The van der Waals surface area contributed by atoms with E-state index < -0.39 is 0 Å². The lowest BCUT2D eigenvalue weighted by molar-refractivity contribution is 0.117. The van der Waals surface area contributed by atoms with Crippen LogP contribution in [-0.2, 0) is 4.74 Å². The van der Waals surface area contributed by atoms with Crippen LogP contribution in [0, 0.1) is 5.92 Å². The molecular formula is C14H20ClNO2. The van der Waals surface area contributed by atoms with Gasteiger partial charge in [-0.25, -0.2) is 0 Å². The van der Waals surface area contributed by atoms with E-state index in [4.69, 9.17) is 21.1 Å². The number of ether oxygens (including phenoxy) is 2. The standard InChI is InChI=1S/C14H20ClNO2/c1-9-6-11(8-18-9)14(16-2)10-4-5-13(17-3)12(15)7-10/h4-5,7,9,11,14,16H,6,8H2,1-3H3. The molecule has 0 bridgehead atoms. The first-order valence-electron chi connectivity index (χ1n) is 6.28. The van der Waals surface area contributed by atoms with Gasteiger partial charge in [0.25, 0.3) is 0 Å². The van der Waals surface area contributed by atoms with Crippen LogP contribution < -0.4 is 10.1 Å². The number of hydrogen-bond acceptors (Lipinski definition) is 3. The van der Waals surface area contributed by atoms with Crippen molar-refractivity contribution in [1.82, 2.24) is 5.32 Å². The van der Waals surface area contributed by atoms with Crippen LogP contribution in [-0.4, -0.2) is 26.9 Å². The topological polar surface area (TPSA) is 30.5 Å². The molecule has 3 nitrogen and oxygen atoms in total. The molecule has 1 aromatic rings. The molecule has 1 aromatic carbocycles. The van der Waals surface area contributed by atoms with Gasteiger partial charge < -0.3 is 14.8 Å². The fraction of sp³-hybridized carbons (Fsp3) is 0.571. The highest BCUT2D eigenvalue weighted by Crippen LogP contribution is 2.34. The van der Waals surface area contributed by atoms with Gasteiger partial charge in [0.15, 0.2) is 0 Å². The Balaban J connectivity index is 2.19. The minimum absolute atomic E-state index is 0.276. The Hall–Kier alpha value is -0.770. The Morgan fingerprint density at radius 2 is 2.28 bits per heavy atom. The molecule has 0 radical (unpaired) electrons. The second-order valence-electron chi connectivity index (χ2n) is 4.80. The first kappa shape index (κ1) is 13.7. The maximum Gasteiger partial charge on any atom is 0.137 e. The average Bonchev–Trinajstić information content (AvgIpc) is 2.77. The summed E-state index contributed by atoms with van der Waals surface area (Å²) in [6.45, 7) is 2.92. The molecule has 0 aliphatic carbocycles. The van der Waals surface area contributed by atoms with E-state index in [0.717, 1.165) is 13.0 Å². The summed E-state index contributed by atoms with van der Waals surface area (Å²) >= 11 is 6.18. The van der Waals surface area contributed by atoms with Crippen molar-refractivity contribution >= 4 is 11.6 Å². The molecule has 1 fully saturated rings.